The van der Waals surface area contributed by atoms with E-state index in [0.29, 0.717) is 55.2 Å². The molecule has 3 aliphatic rings. The molecule has 198 valence electrons. The van der Waals surface area contributed by atoms with Crippen LogP contribution in [0, 0.1) is 5.82 Å². The highest BCUT2D eigenvalue weighted by Gasteiger charge is 2.49. The largest absolute Gasteiger partial charge is 0.513 e. The molecule has 2 aliphatic heterocycles. The maximum atomic E-state index is 14.1. The fraction of sp³-hybridized carbons (Fsp3) is 0.400. The molecule has 8 heteroatoms. The summed E-state index contributed by atoms with van der Waals surface area (Å²) in [5, 5.41) is 0. The molecule has 2 aromatic carbocycles. The van der Waals surface area contributed by atoms with E-state index in [1.807, 2.05) is 18.2 Å². The first kappa shape index (κ1) is 24.8. The molecule has 0 unspecified atom stereocenters. The Hall–Kier alpha value is -3.49. The number of aromatic nitrogens is 1. The van der Waals surface area contributed by atoms with Gasteiger partial charge in [0, 0.05) is 31.0 Å². The number of anilines is 1. The van der Waals surface area contributed by atoms with E-state index in [0.717, 1.165) is 42.8 Å². The normalized spacial score (nSPS) is 18.5. The smallest absolute Gasteiger partial charge is 0.437 e. The molecule has 2 fully saturated rings. The van der Waals surface area contributed by atoms with Crippen LogP contribution in [0.4, 0.5) is 15.0 Å². The van der Waals surface area contributed by atoms with Gasteiger partial charge in [0.15, 0.2) is 5.75 Å². The number of pyridine rings is 1. The molecule has 7 nitrogen and oxygen atoms in total. The van der Waals surface area contributed by atoms with Crippen molar-refractivity contribution >= 4 is 12.0 Å². The van der Waals surface area contributed by atoms with E-state index in [9.17, 15) is 9.18 Å². The molecule has 38 heavy (non-hydrogen) atoms. The van der Waals surface area contributed by atoms with Gasteiger partial charge in [-0.3, -0.25) is 0 Å². The number of hydrogen-bond acceptors (Lipinski definition) is 7. The van der Waals surface area contributed by atoms with Crippen molar-refractivity contribution in [2.75, 3.05) is 31.8 Å². The van der Waals surface area contributed by atoms with Gasteiger partial charge in [-0.2, -0.15) is 0 Å². The lowest BCUT2D eigenvalue weighted by atomic mass is 9.86. The van der Waals surface area contributed by atoms with E-state index >= 15 is 0 Å². The number of hydrogen-bond donors (Lipinski definition) is 0. The topological polar surface area (TPSA) is 70.1 Å². The fourth-order valence-corrected chi connectivity index (χ4v) is 5.97. The molecule has 0 N–H and O–H groups in total. The van der Waals surface area contributed by atoms with Crippen LogP contribution in [-0.2, 0) is 26.5 Å². The zero-order valence-corrected chi connectivity index (χ0v) is 21.5. The average molecular weight is 519 g/mol. The number of ether oxygens (including phenoxy) is 4. The number of halogens is 1. The molecule has 0 amide bonds. The maximum absolute atomic E-state index is 14.1. The van der Waals surface area contributed by atoms with E-state index in [-0.39, 0.29) is 11.7 Å². The Morgan fingerprint density at radius 1 is 1.08 bits per heavy atom. The number of fused-ring (bicyclic) bond motifs is 2. The second-order valence-corrected chi connectivity index (χ2v) is 10.1. The summed E-state index contributed by atoms with van der Waals surface area (Å²) in [6, 6.07) is 16.5. The standard InChI is InChI=1S/C30H31FN2O5/c1-35-29(34)38-27-24(21-11-13-23(31)14-12-21)25-28(32-26(27)22-9-5-6-10-22)33(19-20-7-3-2-4-8-20)16-15-30(25)36-17-18-37-30/h2-4,7-8,11-14,22H,5-6,9-10,15-19H2,1H3. The van der Waals surface area contributed by atoms with Crippen molar-refractivity contribution in [1.29, 1.82) is 0 Å². The molecule has 0 bridgehead atoms. The zero-order chi connectivity index (χ0) is 26.1. The van der Waals surface area contributed by atoms with Crippen molar-refractivity contribution in [2.45, 2.75) is 50.4 Å². The van der Waals surface area contributed by atoms with Gasteiger partial charge in [-0.1, -0.05) is 55.3 Å². The quantitative estimate of drug-likeness (QED) is 0.367. The molecule has 1 spiro atoms. The van der Waals surface area contributed by atoms with Gasteiger partial charge in [-0.25, -0.2) is 14.2 Å². The fourth-order valence-electron chi connectivity index (χ4n) is 5.97. The van der Waals surface area contributed by atoms with E-state index in [1.165, 1.54) is 19.2 Å². The Kier molecular flexibility index (Phi) is 6.76. The van der Waals surface area contributed by atoms with Gasteiger partial charge in [0.25, 0.3) is 0 Å². The number of carbonyl (C=O) groups is 1. The number of rotatable bonds is 5. The average Bonchev–Trinajstić information content (AvgIpc) is 3.65. The van der Waals surface area contributed by atoms with Gasteiger partial charge in [0.2, 0.25) is 5.79 Å². The number of methoxy groups -OCH3 is 1. The molecule has 0 atom stereocenters. The van der Waals surface area contributed by atoms with Crippen molar-refractivity contribution in [3.05, 3.63) is 77.2 Å². The van der Waals surface area contributed by atoms with Crippen LogP contribution in [0.25, 0.3) is 11.1 Å². The Balaban J connectivity index is 1.63. The lowest BCUT2D eigenvalue weighted by Gasteiger charge is -2.41. The minimum atomic E-state index is -1.04. The SMILES string of the molecule is COC(=O)Oc1c(C2CCCC2)nc2c(c1-c1ccc(F)cc1)C1(CCN2Cc2ccccc2)OCCO1. The molecule has 1 aromatic heterocycles. The summed E-state index contributed by atoms with van der Waals surface area (Å²) in [4.78, 5) is 20.1. The van der Waals surface area contributed by atoms with Crippen LogP contribution in [0.3, 0.4) is 0 Å². The molecule has 6 rings (SSSR count). The molecule has 1 saturated heterocycles. The minimum absolute atomic E-state index is 0.126. The zero-order valence-electron chi connectivity index (χ0n) is 21.5. The van der Waals surface area contributed by atoms with Gasteiger partial charge in [0.05, 0.1) is 31.6 Å². The van der Waals surface area contributed by atoms with Crippen LogP contribution in [0.1, 0.15) is 54.8 Å². The third-order valence-electron chi connectivity index (χ3n) is 7.75. The van der Waals surface area contributed by atoms with Crippen LogP contribution >= 0.6 is 0 Å². The first-order valence-corrected chi connectivity index (χ1v) is 13.2. The molecule has 0 radical (unpaired) electrons. The van der Waals surface area contributed by atoms with Gasteiger partial charge in [0.1, 0.15) is 11.6 Å². The third kappa shape index (κ3) is 4.52. The highest BCUT2D eigenvalue weighted by Crippen LogP contribution is 2.54. The Morgan fingerprint density at radius 2 is 1.79 bits per heavy atom. The Bertz CT molecular complexity index is 1300. The van der Waals surface area contributed by atoms with Crippen molar-refractivity contribution in [3.63, 3.8) is 0 Å². The summed E-state index contributed by atoms with van der Waals surface area (Å²) in [6.45, 7) is 2.22. The van der Waals surface area contributed by atoms with Crippen LogP contribution in [-0.4, -0.2) is 38.0 Å². The van der Waals surface area contributed by atoms with E-state index in [1.54, 1.807) is 12.1 Å². The predicted octanol–water partition coefficient (Wildman–Crippen LogP) is 6.30. The summed E-state index contributed by atoms with van der Waals surface area (Å²) >= 11 is 0. The molecule has 1 saturated carbocycles. The molecule has 1 aliphatic carbocycles. The van der Waals surface area contributed by atoms with E-state index in [4.69, 9.17) is 23.9 Å². The predicted molar refractivity (Wildman–Crippen MR) is 140 cm³/mol. The van der Waals surface area contributed by atoms with Crippen molar-refractivity contribution in [3.8, 4) is 16.9 Å². The van der Waals surface area contributed by atoms with E-state index < -0.39 is 11.9 Å². The highest BCUT2D eigenvalue weighted by atomic mass is 19.1. The summed E-state index contributed by atoms with van der Waals surface area (Å²) in [6.07, 6.45) is 3.80. The first-order chi connectivity index (χ1) is 18.6. The first-order valence-electron chi connectivity index (χ1n) is 13.2. The molecule has 3 aromatic rings. The summed E-state index contributed by atoms with van der Waals surface area (Å²) in [5.41, 5.74) is 3.93. The second-order valence-electron chi connectivity index (χ2n) is 10.1. The van der Waals surface area contributed by atoms with Gasteiger partial charge >= 0.3 is 6.16 Å². The highest BCUT2D eigenvalue weighted by molar-refractivity contribution is 5.83. The summed E-state index contributed by atoms with van der Waals surface area (Å²) < 4.78 is 37.5. The third-order valence-corrected chi connectivity index (χ3v) is 7.75. The van der Waals surface area contributed by atoms with Crippen molar-refractivity contribution < 1.29 is 28.1 Å². The van der Waals surface area contributed by atoms with Crippen LogP contribution < -0.4 is 9.64 Å². The van der Waals surface area contributed by atoms with Crippen LogP contribution in [0.5, 0.6) is 5.75 Å². The summed E-state index contributed by atoms with van der Waals surface area (Å²) in [7, 11) is 1.28. The Labute approximate surface area is 221 Å². The lowest BCUT2D eigenvalue weighted by molar-refractivity contribution is -0.171. The number of nitrogens with zero attached hydrogens (tertiary/aromatic N) is 2. The maximum Gasteiger partial charge on any atom is 0.513 e. The molecule has 3 heterocycles. The molecular formula is C30H31FN2O5. The van der Waals surface area contributed by atoms with Crippen molar-refractivity contribution in [2.24, 2.45) is 0 Å². The van der Waals surface area contributed by atoms with Crippen LogP contribution in [0.15, 0.2) is 54.6 Å². The van der Waals surface area contributed by atoms with Gasteiger partial charge in [-0.15, -0.1) is 0 Å². The second kappa shape index (κ2) is 10.3. The van der Waals surface area contributed by atoms with Gasteiger partial charge < -0.3 is 23.8 Å². The van der Waals surface area contributed by atoms with Crippen LogP contribution in [0.2, 0.25) is 0 Å². The monoisotopic (exact) mass is 518 g/mol. The van der Waals surface area contributed by atoms with Gasteiger partial charge in [-0.05, 0) is 36.1 Å². The van der Waals surface area contributed by atoms with E-state index in [2.05, 4.69) is 17.0 Å². The minimum Gasteiger partial charge on any atom is -0.437 e. The lowest BCUT2D eigenvalue weighted by Crippen LogP contribution is -2.42. The number of carbonyl (C=O) groups excluding carboxylic acids is 1. The van der Waals surface area contributed by atoms with Crippen molar-refractivity contribution in [1.82, 2.24) is 4.98 Å². The Morgan fingerprint density at radius 3 is 2.47 bits per heavy atom. The summed E-state index contributed by atoms with van der Waals surface area (Å²) in [5.74, 6) is -0.172. The number of benzene rings is 2. The molecular weight excluding hydrogens is 487 g/mol.